The van der Waals surface area contributed by atoms with Crippen molar-refractivity contribution in [3.8, 4) is 0 Å². The van der Waals surface area contributed by atoms with Crippen LogP contribution in [0.1, 0.15) is 16.5 Å². The highest BCUT2D eigenvalue weighted by atomic mass is 19.1. The number of nitrogens with one attached hydrogen (secondary N) is 2. The van der Waals surface area contributed by atoms with Gasteiger partial charge in [-0.3, -0.25) is 4.79 Å². The van der Waals surface area contributed by atoms with Gasteiger partial charge in [-0.05, 0) is 24.3 Å². The van der Waals surface area contributed by atoms with Crippen LogP contribution in [0.15, 0.2) is 30.5 Å². The molecule has 98 valence electrons. The van der Waals surface area contributed by atoms with E-state index in [0.717, 1.165) is 13.1 Å². The van der Waals surface area contributed by atoms with Gasteiger partial charge >= 0.3 is 0 Å². The molecule has 0 radical (unpaired) electrons. The molecule has 1 fully saturated rings. The highest BCUT2D eigenvalue weighted by Gasteiger charge is 2.21. The van der Waals surface area contributed by atoms with Crippen LogP contribution in [0.4, 0.5) is 10.1 Å². The van der Waals surface area contributed by atoms with E-state index in [1.165, 1.54) is 24.3 Å². The van der Waals surface area contributed by atoms with Gasteiger partial charge in [0, 0.05) is 18.8 Å². The first-order chi connectivity index (χ1) is 9.22. The molecule has 7 heteroatoms. The third-order valence-electron chi connectivity index (χ3n) is 2.98. The van der Waals surface area contributed by atoms with Crippen molar-refractivity contribution in [2.45, 2.75) is 6.04 Å². The minimum Gasteiger partial charge on any atom is -0.321 e. The second kappa shape index (κ2) is 4.77. The number of aromatic nitrogens is 3. The highest BCUT2D eigenvalue weighted by Crippen LogP contribution is 2.12. The molecule has 1 aliphatic rings. The van der Waals surface area contributed by atoms with E-state index in [9.17, 15) is 9.18 Å². The van der Waals surface area contributed by atoms with Crippen molar-refractivity contribution < 1.29 is 9.18 Å². The van der Waals surface area contributed by atoms with Crippen LogP contribution in [-0.4, -0.2) is 34.0 Å². The Kier molecular flexibility index (Phi) is 2.96. The van der Waals surface area contributed by atoms with E-state index in [-0.39, 0.29) is 23.5 Å². The Bertz CT molecular complexity index is 590. The predicted octanol–water partition coefficient (Wildman–Crippen LogP) is 0.814. The van der Waals surface area contributed by atoms with Gasteiger partial charge in [0.05, 0.1) is 12.2 Å². The van der Waals surface area contributed by atoms with Crippen LogP contribution >= 0.6 is 0 Å². The van der Waals surface area contributed by atoms with Crippen LogP contribution in [-0.2, 0) is 0 Å². The largest absolute Gasteiger partial charge is 0.321 e. The van der Waals surface area contributed by atoms with Crippen molar-refractivity contribution in [3.05, 3.63) is 42.0 Å². The monoisotopic (exact) mass is 261 g/mol. The fourth-order valence-electron chi connectivity index (χ4n) is 1.75. The number of anilines is 1. The van der Waals surface area contributed by atoms with Crippen molar-refractivity contribution in [3.63, 3.8) is 0 Å². The zero-order valence-corrected chi connectivity index (χ0v) is 10.0. The van der Waals surface area contributed by atoms with Crippen LogP contribution in [0.3, 0.4) is 0 Å². The summed E-state index contributed by atoms with van der Waals surface area (Å²) in [5, 5.41) is 13.5. The van der Waals surface area contributed by atoms with Gasteiger partial charge in [0.2, 0.25) is 0 Å². The molecular formula is C12H12FN5O. The van der Waals surface area contributed by atoms with Gasteiger partial charge < -0.3 is 10.6 Å². The molecule has 1 aromatic carbocycles. The summed E-state index contributed by atoms with van der Waals surface area (Å²) < 4.78 is 14.4. The first kappa shape index (κ1) is 11.8. The molecule has 0 saturated carbocycles. The SMILES string of the molecule is O=C(Nc1ccc(F)cc1)c1cn(C2CNC2)nn1. The molecule has 0 unspecified atom stereocenters. The van der Waals surface area contributed by atoms with Gasteiger partial charge in [0.25, 0.3) is 5.91 Å². The maximum Gasteiger partial charge on any atom is 0.277 e. The normalized spacial score (nSPS) is 15.0. The van der Waals surface area contributed by atoms with Gasteiger partial charge in [-0.2, -0.15) is 0 Å². The lowest BCUT2D eigenvalue weighted by Crippen LogP contribution is -2.43. The first-order valence-corrected chi connectivity index (χ1v) is 5.92. The third-order valence-corrected chi connectivity index (χ3v) is 2.98. The summed E-state index contributed by atoms with van der Waals surface area (Å²) in [4.78, 5) is 11.9. The molecule has 19 heavy (non-hydrogen) atoms. The third kappa shape index (κ3) is 2.45. The Morgan fingerprint density at radius 3 is 2.74 bits per heavy atom. The lowest BCUT2D eigenvalue weighted by molar-refractivity contribution is 0.102. The average Bonchev–Trinajstić information content (AvgIpc) is 2.79. The molecule has 1 aliphatic heterocycles. The topological polar surface area (TPSA) is 71.8 Å². The molecule has 2 N–H and O–H groups in total. The maximum atomic E-state index is 12.7. The van der Waals surface area contributed by atoms with E-state index in [1.54, 1.807) is 10.9 Å². The molecule has 0 aliphatic carbocycles. The van der Waals surface area contributed by atoms with Crippen LogP contribution in [0, 0.1) is 5.82 Å². The number of amides is 1. The van der Waals surface area contributed by atoms with Crippen molar-refractivity contribution in [2.24, 2.45) is 0 Å². The smallest absolute Gasteiger partial charge is 0.277 e. The quantitative estimate of drug-likeness (QED) is 0.857. The second-order valence-corrected chi connectivity index (χ2v) is 4.36. The van der Waals surface area contributed by atoms with E-state index in [2.05, 4.69) is 20.9 Å². The number of benzene rings is 1. The van der Waals surface area contributed by atoms with Crippen molar-refractivity contribution in [1.82, 2.24) is 20.3 Å². The van der Waals surface area contributed by atoms with Crippen LogP contribution in [0.25, 0.3) is 0 Å². The van der Waals surface area contributed by atoms with Crippen LogP contribution in [0.2, 0.25) is 0 Å². The Morgan fingerprint density at radius 1 is 1.37 bits per heavy atom. The molecule has 3 rings (SSSR count). The molecular weight excluding hydrogens is 249 g/mol. The molecule has 6 nitrogen and oxygen atoms in total. The second-order valence-electron chi connectivity index (χ2n) is 4.36. The molecule has 1 aromatic heterocycles. The standard InChI is InChI=1S/C12H12FN5O/c13-8-1-3-9(4-2-8)15-12(19)11-7-18(17-16-11)10-5-14-6-10/h1-4,7,10,14H,5-6H2,(H,15,19). The summed E-state index contributed by atoms with van der Waals surface area (Å²) in [5.74, 6) is -0.702. The van der Waals surface area contributed by atoms with E-state index < -0.39 is 0 Å². The lowest BCUT2D eigenvalue weighted by atomic mass is 10.2. The fraction of sp³-hybridized carbons (Fsp3) is 0.250. The average molecular weight is 261 g/mol. The number of carbonyl (C=O) groups is 1. The molecule has 2 aromatic rings. The molecule has 2 heterocycles. The Balaban J connectivity index is 1.69. The molecule has 0 atom stereocenters. The van der Waals surface area contributed by atoms with Gasteiger partial charge in [0.1, 0.15) is 5.82 Å². The summed E-state index contributed by atoms with van der Waals surface area (Å²) in [6.07, 6.45) is 1.62. The molecule has 1 amide bonds. The number of nitrogens with zero attached hydrogens (tertiary/aromatic N) is 3. The van der Waals surface area contributed by atoms with Crippen molar-refractivity contribution in [2.75, 3.05) is 18.4 Å². The predicted molar refractivity (Wildman–Crippen MR) is 66.3 cm³/mol. The summed E-state index contributed by atoms with van der Waals surface area (Å²) in [6.45, 7) is 1.67. The van der Waals surface area contributed by atoms with Crippen molar-refractivity contribution in [1.29, 1.82) is 0 Å². The van der Waals surface area contributed by atoms with Gasteiger partial charge in [-0.15, -0.1) is 5.10 Å². The molecule has 0 spiro atoms. The van der Waals surface area contributed by atoms with Gasteiger partial charge in [-0.1, -0.05) is 5.21 Å². The number of hydrogen-bond donors (Lipinski definition) is 2. The molecule has 1 saturated heterocycles. The number of rotatable bonds is 3. The fourth-order valence-corrected chi connectivity index (χ4v) is 1.75. The van der Waals surface area contributed by atoms with Crippen LogP contribution in [0.5, 0.6) is 0 Å². The Hall–Kier alpha value is -2.28. The Labute approximate surface area is 108 Å². The number of halogens is 1. The zero-order chi connectivity index (χ0) is 13.2. The van der Waals surface area contributed by atoms with Gasteiger partial charge in [-0.25, -0.2) is 9.07 Å². The number of hydrogen-bond acceptors (Lipinski definition) is 4. The summed E-state index contributed by atoms with van der Waals surface area (Å²) in [5.41, 5.74) is 0.766. The van der Waals surface area contributed by atoms with E-state index in [1.807, 2.05) is 0 Å². The maximum absolute atomic E-state index is 12.7. The van der Waals surface area contributed by atoms with E-state index in [0.29, 0.717) is 5.69 Å². The van der Waals surface area contributed by atoms with E-state index in [4.69, 9.17) is 0 Å². The van der Waals surface area contributed by atoms with Crippen LogP contribution < -0.4 is 10.6 Å². The first-order valence-electron chi connectivity index (χ1n) is 5.92. The molecule has 0 bridgehead atoms. The summed E-state index contributed by atoms with van der Waals surface area (Å²) in [7, 11) is 0. The lowest BCUT2D eigenvalue weighted by Gasteiger charge is -2.26. The minimum atomic E-state index is -0.356. The van der Waals surface area contributed by atoms with Crippen molar-refractivity contribution >= 4 is 11.6 Å². The minimum absolute atomic E-state index is 0.247. The zero-order valence-electron chi connectivity index (χ0n) is 10.0. The summed E-state index contributed by atoms with van der Waals surface area (Å²) in [6, 6.07) is 5.82. The Morgan fingerprint density at radius 2 is 2.11 bits per heavy atom. The summed E-state index contributed by atoms with van der Waals surface area (Å²) >= 11 is 0. The van der Waals surface area contributed by atoms with E-state index >= 15 is 0 Å². The number of carbonyl (C=O) groups excluding carboxylic acids is 1. The highest BCUT2D eigenvalue weighted by molar-refractivity contribution is 6.02. The van der Waals surface area contributed by atoms with Gasteiger partial charge in [0.15, 0.2) is 5.69 Å².